The van der Waals surface area contributed by atoms with Crippen molar-refractivity contribution in [2.75, 3.05) is 0 Å². The molecule has 1 nitrogen and oxygen atoms in total. The van der Waals surface area contributed by atoms with Gasteiger partial charge in [0.1, 0.15) is 0 Å². The molecule has 0 aliphatic heterocycles. The Morgan fingerprint density at radius 1 is 1.06 bits per heavy atom. The summed E-state index contributed by atoms with van der Waals surface area (Å²) in [5.41, 5.74) is 3.45. The van der Waals surface area contributed by atoms with Gasteiger partial charge < -0.3 is 0 Å². The van der Waals surface area contributed by atoms with Crippen LogP contribution in [0.1, 0.15) is 34.3 Å². The van der Waals surface area contributed by atoms with Gasteiger partial charge in [0.25, 0.3) is 0 Å². The molecule has 0 unspecified atom stereocenters. The van der Waals surface area contributed by atoms with Crippen LogP contribution in [0.4, 0.5) is 0 Å². The molecule has 80 valence electrons. The van der Waals surface area contributed by atoms with Gasteiger partial charge in [-0.05, 0) is 36.1 Å². The predicted octanol–water partition coefficient (Wildman–Crippen LogP) is 3.67. The molecular formula is C15H14O. The number of fused-ring (bicyclic) bond motifs is 3. The summed E-state index contributed by atoms with van der Waals surface area (Å²) in [6, 6.07) is 10.6. The first-order valence-corrected chi connectivity index (χ1v) is 5.81. The van der Waals surface area contributed by atoms with Crippen LogP contribution < -0.4 is 0 Å². The molecule has 1 aliphatic carbocycles. The zero-order valence-corrected chi connectivity index (χ0v) is 9.42. The first-order valence-electron chi connectivity index (χ1n) is 5.81. The van der Waals surface area contributed by atoms with Crippen LogP contribution in [-0.4, -0.2) is 5.78 Å². The van der Waals surface area contributed by atoms with Gasteiger partial charge in [0, 0.05) is 12.0 Å². The minimum absolute atomic E-state index is 0.315. The third-order valence-electron chi connectivity index (χ3n) is 3.39. The summed E-state index contributed by atoms with van der Waals surface area (Å²) in [6.07, 6.45) is 2.76. The smallest absolute Gasteiger partial charge is 0.163 e. The number of ketones is 1. The van der Waals surface area contributed by atoms with Crippen molar-refractivity contribution >= 4 is 16.6 Å². The fourth-order valence-corrected chi connectivity index (χ4v) is 2.60. The van der Waals surface area contributed by atoms with Crippen LogP contribution in [0.15, 0.2) is 30.3 Å². The zero-order chi connectivity index (χ0) is 11.1. The highest BCUT2D eigenvalue weighted by molar-refractivity contribution is 6.10. The SMILES string of the molecule is Cc1ccc2c3c(ccc2c1)CCCC3=O. The quantitative estimate of drug-likeness (QED) is 0.648. The molecule has 0 spiro atoms. The van der Waals surface area contributed by atoms with Gasteiger partial charge in [-0.1, -0.05) is 35.9 Å². The summed E-state index contributed by atoms with van der Waals surface area (Å²) in [5, 5.41) is 2.32. The van der Waals surface area contributed by atoms with E-state index in [1.54, 1.807) is 0 Å². The van der Waals surface area contributed by atoms with Crippen molar-refractivity contribution < 1.29 is 4.79 Å². The second-order valence-electron chi connectivity index (χ2n) is 4.60. The summed E-state index contributed by atoms with van der Waals surface area (Å²) in [6.45, 7) is 2.08. The van der Waals surface area contributed by atoms with Gasteiger partial charge in [0.2, 0.25) is 0 Å². The fraction of sp³-hybridized carbons (Fsp3) is 0.267. The summed E-state index contributed by atoms with van der Waals surface area (Å²) in [5.74, 6) is 0.315. The Balaban J connectivity index is 2.38. The molecule has 1 aliphatic rings. The van der Waals surface area contributed by atoms with Crippen LogP contribution in [0.5, 0.6) is 0 Å². The van der Waals surface area contributed by atoms with E-state index in [1.807, 2.05) is 0 Å². The van der Waals surface area contributed by atoms with E-state index in [0.29, 0.717) is 12.2 Å². The fourth-order valence-electron chi connectivity index (χ4n) is 2.60. The number of aryl methyl sites for hydroxylation is 2. The lowest BCUT2D eigenvalue weighted by molar-refractivity contribution is 0.0974. The molecule has 3 rings (SSSR count). The zero-order valence-electron chi connectivity index (χ0n) is 9.42. The number of Topliss-reactive ketones (excluding diaryl/α,β-unsaturated/α-hetero) is 1. The Morgan fingerprint density at radius 2 is 1.94 bits per heavy atom. The number of hydrogen-bond acceptors (Lipinski definition) is 1. The second-order valence-corrected chi connectivity index (χ2v) is 4.60. The minimum Gasteiger partial charge on any atom is -0.294 e. The standard InChI is InChI=1S/C15H14O/c1-10-5-8-13-12(9-10)7-6-11-3-2-4-14(16)15(11)13/h5-9H,2-4H2,1H3. The van der Waals surface area contributed by atoms with Crippen LogP contribution in [0.25, 0.3) is 10.8 Å². The highest BCUT2D eigenvalue weighted by atomic mass is 16.1. The molecule has 0 fully saturated rings. The van der Waals surface area contributed by atoms with E-state index in [2.05, 4.69) is 37.3 Å². The average molecular weight is 210 g/mol. The largest absolute Gasteiger partial charge is 0.294 e. The number of carbonyl (C=O) groups excluding carboxylic acids is 1. The molecule has 0 aromatic heterocycles. The van der Waals surface area contributed by atoms with Gasteiger partial charge in [-0.3, -0.25) is 4.79 Å². The number of rotatable bonds is 0. The second kappa shape index (κ2) is 3.44. The van der Waals surface area contributed by atoms with Crippen molar-refractivity contribution in [3.05, 3.63) is 47.0 Å². The Kier molecular flexibility index (Phi) is 2.06. The molecule has 1 heteroatoms. The van der Waals surface area contributed by atoms with Gasteiger partial charge in [-0.15, -0.1) is 0 Å². The van der Waals surface area contributed by atoms with Crippen LogP contribution in [0.2, 0.25) is 0 Å². The number of hydrogen-bond donors (Lipinski definition) is 0. The van der Waals surface area contributed by atoms with E-state index >= 15 is 0 Å². The number of carbonyl (C=O) groups is 1. The van der Waals surface area contributed by atoms with Crippen molar-refractivity contribution in [1.82, 2.24) is 0 Å². The molecule has 0 saturated heterocycles. The maximum atomic E-state index is 12.0. The molecular weight excluding hydrogens is 196 g/mol. The van der Waals surface area contributed by atoms with Crippen molar-refractivity contribution in [3.63, 3.8) is 0 Å². The average Bonchev–Trinajstić information content (AvgIpc) is 2.29. The highest BCUT2D eigenvalue weighted by Crippen LogP contribution is 2.29. The Hall–Kier alpha value is -1.63. The molecule has 2 aromatic carbocycles. The Bertz CT molecular complexity index is 581. The van der Waals surface area contributed by atoms with E-state index in [0.717, 1.165) is 23.8 Å². The minimum atomic E-state index is 0.315. The van der Waals surface area contributed by atoms with Gasteiger partial charge in [0.05, 0.1) is 0 Å². The molecule has 0 amide bonds. The van der Waals surface area contributed by atoms with Crippen LogP contribution in [0.3, 0.4) is 0 Å². The summed E-state index contributed by atoms with van der Waals surface area (Å²) >= 11 is 0. The molecule has 0 bridgehead atoms. The van der Waals surface area contributed by atoms with E-state index < -0.39 is 0 Å². The molecule has 2 aromatic rings. The molecule has 0 saturated carbocycles. The molecule has 0 radical (unpaired) electrons. The van der Waals surface area contributed by atoms with E-state index in [4.69, 9.17) is 0 Å². The first-order chi connectivity index (χ1) is 7.75. The lowest BCUT2D eigenvalue weighted by atomic mass is 9.86. The highest BCUT2D eigenvalue weighted by Gasteiger charge is 2.19. The van der Waals surface area contributed by atoms with Gasteiger partial charge in [-0.2, -0.15) is 0 Å². The molecule has 0 atom stereocenters. The lowest BCUT2D eigenvalue weighted by Gasteiger charge is -2.16. The number of benzene rings is 2. The summed E-state index contributed by atoms with van der Waals surface area (Å²) < 4.78 is 0. The van der Waals surface area contributed by atoms with Crippen molar-refractivity contribution in [2.45, 2.75) is 26.2 Å². The van der Waals surface area contributed by atoms with E-state index in [9.17, 15) is 4.79 Å². The Labute approximate surface area is 95.1 Å². The maximum absolute atomic E-state index is 12.0. The lowest BCUT2D eigenvalue weighted by Crippen LogP contribution is -2.11. The van der Waals surface area contributed by atoms with Gasteiger partial charge >= 0.3 is 0 Å². The van der Waals surface area contributed by atoms with E-state index in [1.165, 1.54) is 16.5 Å². The summed E-state index contributed by atoms with van der Waals surface area (Å²) in [7, 11) is 0. The van der Waals surface area contributed by atoms with Gasteiger partial charge in [-0.25, -0.2) is 0 Å². The topological polar surface area (TPSA) is 17.1 Å². The normalized spacial score (nSPS) is 15.2. The van der Waals surface area contributed by atoms with Crippen LogP contribution >= 0.6 is 0 Å². The predicted molar refractivity (Wildman–Crippen MR) is 66.0 cm³/mol. The molecule has 0 heterocycles. The van der Waals surface area contributed by atoms with E-state index in [-0.39, 0.29) is 0 Å². The third kappa shape index (κ3) is 1.35. The monoisotopic (exact) mass is 210 g/mol. The van der Waals surface area contributed by atoms with Crippen molar-refractivity contribution in [3.8, 4) is 0 Å². The van der Waals surface area contributed by atoms with Crippen LogP contribution in [0, 0.1) is 6.92 Å². The van der Waals surface area contributed by atoms with Crippen molar-refractivity contribution in [1.29, 1.82) is 0 Å². The summed E-state index contributed by atoms with van der Waals surface area (Å²) in [4.78, 5) is 12.0. The third-order valence-corrected chi connectivity index (χ3v) is 3.39. The van der Waals surface area contributed by atoms with Crippen LogP contribution in [-0.2, 0) is 6.42 Å². The molecule has 0 N–H and O–H groups in total. The van der Waals surface area contributed by atoms with Gasteiger partial charge in [0.15, 0.2) is 5.78 Å². The van der Waals surface area contributed by atoms with Crippen molar-refractivity contribution in [2.24, 2.45) is 0 Å². The molecule has 16 heavy (non-hydrogen) atoms. The maximum Gasteiger partial charge on any atom is 0.163 e. The Morgan fingerprint density at radius 3 is 2.81 bits per heavy atom. The first kappa shape index (κ1) is 9.59.